The summed E-state index contributed by atoms with van der Waals surface area (Å²) in [5, 5.41) is 3.15. The highest BCUT2D eigenvalue weighted by Crippen LogP contribution is 2.19. The molecule has 82 valence electrons. The van der Waals surface area contributed by atoms with Crippen LogP contribution in [0.2, 0.25) is 0 Å². The molecule has 1 aliphatic heterocycles. The maximum Gasteiger partial charge on any atom is 0.254 e. The summed E-state index contributed by atoms with van der Waals surface area (Å²) in [6.07, 6.45) is 0.701. The van der Waals surface area contributed by atoms with Gasteiger partial charge in [0.2, 0.25) is 0 Å². The van der Waals surface area contributed by atoms with E-state index in [1.54, 1.807) is 12.0 Å². The second-order valence-corrected chi connectivity index (χ2v) is 4.02. The lowest BCUT2D eigenvalue weighted by atomic mass is 9.99. The van der Waals surface area contributed by atoms with E-state index >= 15 is 0 Å². The Morgan fingerprint density at radius 3 is 2.50 bits per heavy atom. The SMILES string of the molecule is CCC(C)(OC)C(=O)N(C)C1CNC1. The molecular formula is C10H20N2O2. The lowest BCUT2D eigenvalue weighted by Crippen LogP contribution is -2.61. The Labute approximate surface area is 85.6 Å². The van der Waals surface area contributed by atoms with Crippen LogP contribution in [-0.2, 0) is 9.53 Å². The largest absolute Gasteiger partial charge is 0.369 e. The van der Waals surface area contributed by atoms with Gasteiger partial charge < -0.3 is 15.0 Å². The molecule has 1 rings (SSSR count). The van der Waals surface area contributed by atoms with E-state index < -0.39 is 5.60 Å². The van der Waals surface area contributed by atoms with E-state index in [2.05, 4.69) is 5.32 Å². The smallest absolute Gasteiger partial charge is 0.254 e. The van der Waals surface area contributed by atoms with E-state index in [1.807, 2.05) is 20.9 Å². The van der Waals surface area contributed by atoms with Crippen molar-refractivity contribution in [1.29, 1.82) is 0 Å². The third-order valence-corrected chi connectivity index (χ3v) is 3.21. The van der Waals surface area contributed by atoms with Crippen molar-refractivity contribution < 1.29 is 9.53 Å². The van der Waals surface area contributed by atoms with Crippen LogP contribution in [0.1, 0.15) is 20.3 Å². The number of ether oxygens (including phenoxy) is 1. The zero-order valence-corrected chi connectivity index (χ0v) is 9.46. The molecule has 4 nitrogen and oxygen atoms in total. The first-order chi connectivity index (χ1) is 6.55. The summed E-state index contributed by atoms with van der Waals surface area (Å²) in [6.45, 7) is 5.60. The van der Waals surface area contributed by atoms with Crippen LogP contribution in [0.4, 0.5) is 0 Å². The molecule has 1 fully saturated rings. The zero-order valence-electron chi connectivity index (χ0n) is 9.46. The maximum absolute atomic E-state index is 12.0. The molecule has 0 aliphatic carbocycles. The quantitative estimate of drug-likeness (QED) is 0.706. The van der Waals surface area contributed by atoms with Crippen molar-refractivity contribution in [3.05, 3.63) is 0 Å². The van der Waals surface area contributed by atoms with Crippen LogP contribution in [-0.4, -0.2) is 49.7 Å². The summed E-state index contributed by atoms with van der Waals surface area (Å²) in [6, 6.07) is 0.337. The summed E-state index contributed by atoms with van der Waals surface area (Å²) in [5.41, 5.74) is -0.662. The van der Waals surface area contributed by atoms with Gasteiger partial charge in [0.15, 0.2) is 0 Å². The highest BCUT2D eigenvalue weighted by Gasteiger charge is 2.37. The molecule has 1 N–H and O–H groups in total. The molecule has 0 aromatic rings. The van der Waals surface area contributed by atoms with Crippen molar-refractivity contribution in [2.24, 2.45) is 0 Å². The molecule has 0 aromatic heterocycles. The van der Waals surface area contributed by atoms with Crippen LogP contribution in [0.5, 0.6) is 0 Å². The van der Waals surface area contributed by atoms with Crippen molar-refractivity contribution in [1.82, 2.24) is 10.2 Å². The third-order valence-electron chi connectivity index (χ3n) is 3.21. The van der Waals surface area contributed by atoms with Gasteiger partial charge in [0.25, 0.3) is 5.91 Å². The minimum atomic E-state index is -0.662. The van der Waals surface area contributed by atoms with Crippen LogP contribution in [0.25, 0.3) is 0 Å². The van der Waals surface area contributed by atoms with E-state index in [9.17, 15) is 4.79 Å². The number of rotatable bonds is 4. The zero-order chi connectivity index (χ0) is 10.8. The first-order valence-corrected chi connectivity index (χ1v) is 5.08. The van der Waals surface area contributed by atoms with Gasteiger partial charge >= 0.3 is 0 Å². The van der Waals surface area contributed by atoms with Gasteiger partial charge in [-0.3, -0.25) is 4.79 Å². The second kappa shape index (κ2) is 4.28. The van der Waals surface area contributed by atoms with Gasteiger partial charge in [0.1, 0.15) is 5.60 Å². The predicted molar refractivity (Wildman–Crippen MR) is 55.1 cm³/mol. The van der Waals surface area contributed by atoms with Crippen LogP contribution in [0, 0.1) is 0 Å². The Kier molecular flexibility index (Phi) is 3.50. The molecule has 1 saturated heterocycles. The van der Waals surface area contributed by atoms with Crippen molar-refractivity contribution >= 4 is 5.91 Å². The van der Waals surface area contributed by atoms with Gasteiger partial charge in [-0.2, -0.15) is 0 Å². The average Bonchev–Trinajstić information content (AvgIpc) is 2.12. The standard InChI is InChI=1S/C10H20N2O2/c1-5-10(2,14-4)9(13)12(3)8-6-11-7-8/h8,11H,5-7H2,1-4H3. The Morgan fingerprint density at radius 1 is 1.64 bits per heavy atom. The number of nitrogens with zero attached hydrogens (tertiary/aromatic N) is 1. The minimum Gasteiger partial charge on any atom is -0.369 e. The van der Waals surface area contributed by atoms with Crippen molar-refractivity contribution in [2.75, 3.05) is 27.2 Å². The summed E-state index contributed by atoms with van der Waals surface area (Å²) in [5.74, 6) is 0.0778. The first kappa shape index (κ1) is 11.5. The average molecular weight is 200 g/mol. The van der Waals surface area contributed by atoms with Crippen LogP contribution < -0.4 is 5.32 Å². The normalized spacial score (nSPS) is 21.1. The number of likely N-dealkylation sites (N-methyl/N-ethyl adjacent to an activating group) is 1. The van der Waals surface area contributed by atoms with Gasteiger partial charge in [-0.05, 0) is 13.3 Å². The first-order valence-electron chi connectivity index (χ1n) is 5.08. The Hall–Kier alpha value is -0.610. The third kappa shape index (κ3) is 1.91. The molecule has 0 spiro atoms. The molecule has 1 amide bonds. The molecule has 1 aliphatic rings. The van der Waals surface area contributed by atoms with Gasteiger partial charge in [-0.1, -0.05) is 6.92 Å². The predicted octanol–water partition coefficient (Wildman–Crippen LogP) is 0.232. The number of carbonyl (C=O) groups is 1. The van der Waals surface area contributed by atoms with E-state index in [1.165, 1.54) is 0 Å². The van der Waals surface area contributed by atoms with Gasteiger partial charge in [0, 0.05) is 27.2 Å². The van der Waals surface area contributed by atoms with E-state index in [0.29, 0.717) is 12.5 Å². The molecule has 0 aromatic carbocycles. The Morgan fingerprint density at radius 2 is 2.21 bits per heavy atom. The summed E-state index contributed by atoms with van der Waals surface area (Å²) < 4.78 is 5.28. The number of carbonyl (C=O) groups excluding carboxylic acids is 1. The number of amides is 1. The molecule has 0 saturated carbocycles. The highest BCUT2D eigenvalue weighted by atomic mass is 16.5. The number of methoxy groups -OCH3 is 1. The molecule has 4 heteroatoms. The lowest BCUT2D eigenvalue weighted by molar-refractivity contribution is -0.155. The molecule has 0 radical (unpaired) electrons. The highest BCUT2D eigenvalue weighted by molar-refractivity contribution is 5.85. The molecule has 1 unspecified atom stereocenters. The molecule has 0 bridgehead atoms. The van der Waals surface area contributed by atoms with Gasteiger partial charge in [-0.25, -0.2) is 0 Å². The second-order valence-electron chi connectivity index (χ2n) is 4.02. The molecular weight excluding hydrogens is 180 g/mol. The lowest BCUT2D eigenvalue weighted by Gasteiger charge is -2.39. The van der Waals surface area contributed by atoms with Gasteiger partial charge in [-0.15, -0.1) is 0 Å². The number of hydrogen-bond donors (Lipinski definition) is 1. The topological polar surface area (TPSA) is 41.6 Å². The van der Waals surface area contributed by atoms with Gasteiger partial charge in [0.05, 0.1) is 6.04 Å². The summed E-state index contributed by atoms with van der Waals surface area (Å²) in [7, 11) is 3.44. The maximum atomic E-state index is 12.0. The monoisotopic (exact) mass is 200 g/mol. The number of nitrogens with one attached hydrogen (secondary N) is 1. The van der Waals surface area contributed by atoms with Crippen molar-refractivity contribution in [3.63, 3.8) is 0 Å². The molecule has 1 heterocycles. The summed E-state index contributed by atoms with van der Waals surface area (Å²) in [4.78, 5) is 13.8. The van der Waals surface area contributed by atoms with Crippen LogP contribution in [0.15, 0.2) is 0 Å². The number of hydrogen-bond acceptors (Lipinski definition) is 3. The van der Waals surface area contributed by atoms with Crippen molar-refractivity contribution in [3.8, 4) is 0 Å². The fourth-order valence-corrected chi connectivity index (χ4v) is 1.47. The van der Waals surface area contributed by atoms with Crippen molar-refractivity contribution in [2.45, 2.75) is 31.9 Å². The fourth-order valence-electron chi connectivity index (χ4n) is 1.47. The van der Waals surface area contributed by atoms with Crippen LogP contribution in [0.3, 0.4) is 0 Å². The van der Waals surface area contributed by atoms with Crippen LogP contribution >= 0.6 is 0 Å². The van der Waals surface area contributed by atoms with E-state index in [0.717, 1.165) is 13.1 Å². The molecule has 14 heavy (non-hydrogen) atoms. The Balaban J connectivity index is 2.61. The van der Waals surface area contributed by atoms with E-state index in [-0.39, 0.29) is 5.91 Å². The fraction of sp³-hybridized carbons (Fsp3) is 0.900. The molecule has 1 atom stereocenters. The minimum absolute atomic E-state index is 0.0778. The Bertz CT molecular complexity index is 210. The van der Waals surface area contributed by atoms with E-state index in [4.69, 9.17) is 4.74 Å². The summed E-state index contributed by atoms with van der Waals surface area (Å²) >= 11 is 0.